The molecule has 4 aliphatic carbocycles. The maximum Gasteiger partial charge on any atom is 0.229 e. The molecule has 0 aromatic carbocycles. The molecule has 4 bridgehead atoms. The Kier molecular flexibility index (Phi) is 2.23. The molecule has 0 heterocycles. The molecule has 1 nitrogen and oxygen atoms in total. The predicted octanol–water partition coefficient (Wildman–Crippen LogP) is 4.39. The summed E-state index contributed by atoms with van der Waals surface area (Å²) in [5.74, 6) is 3.54. The fourth-order valence-electron chi connectivity index (χ4n) is 5.86. The highest BCUT2D eigenvalue weighted by Crippen LogP contribution is 2.70. The quantitative estimate of drug-likeness (QED) is 0.589. The second-order valence-electron chi connectivity index (χ2n) is 7.95. The van der Waals surface area contributed by atoms with Crippen LogP contribution in [0.5, 0.6) is 0 Å². The van der Waals surface area contributed by atoms with Gasteiger partial charge in [0.15, 0.2) is 0 Å². The van der Waals surface area contributed by atoms with Gasteiger partial charge in [-0.1, -0.05) is 27.7 Å². The van der Waals surface area contributed by atoms with Gasteiger partial charge in [-0.15, -0.1) is 0 Å². The lowest BCUT2D eigenvalue weighted by molar-refractivity contribution is -0.0497. The van der Waals surface area contributed by atoms with E-state index in [1.54, 1.807) is 0 Å². The van der Waals surface area contributed by atoms with Crippen LogP contribution < -0.4 is 0 Å². The average Bonchev–Trinajstić information content (AvgIpc) is 2.43. The van der Waals surface area contributed by atoms with Gasteiger partial charge in [0, 0.05) is 11.8 Å². The Labute approximate surface area is 106 Å². The summed E-state index contributed by atoms with van der Waals surface area (Å²) in [6.45, 7) is 17.2. The molecular formula is C16H25N. The molecule has 0 N–H and O–H groups in total. The van der Waals surface area contributed by atoms with E-state index in [1.807, 2.05) is 0 Å². The fourth-order valence-corrected chi connectivity index (χ4v) is 5.86. The topological polar surface area (TPSA) is 4.36 Å². The van der Waals surface area contributed by atoms with Gasteiger partial charge < -0.3 is 4.85 Å². The molecule has 0 spiro atoms. The zero-order chi connectivity index (χ0) is 12.4. The molecule has 0 amide bonds. The van der Waals surface area contributed by atoms with E-state index < -0.39 is 0 Å². The van der Waals surface area contributed by atoms with Gasteiger partial charge >= 0.3 is 0 Å². The molecule has 4 aliphatic rings. The summed E-state index contributed by atoms with van der Waals surface area (Å²) in [5, 5.41) is 0. The number of hydrogen-bond acceptors (Lipinski definition) is 0. The molecule has 4 rings (SSSR count). The summed E-state index contributed by atoms with van der Waals surface area (Å²) >= 11 is 0. The van der Waals surface area contributed by atoms with E-state index in [9.17, 15) is 0 Å². The summed E-state index contributed by atoms with van der Waals surface area (Å²) in [5.41, 5.74) is 0.896. The molecule has 4 unspecified atom stereocenters. The highest BCUT2D eigenvalue weighted by atomic mass is 14.8. The van der Waals surface area contributed by atoms with Crippen molar-refractivity contribution in [1.29, 1.82) is 0 Å². The molecule has 94 valence electrons. The molecular weight excluding hydrogens is 206 g/mol. The highest BCUT2D eigenvalue weighted by molar-refractivity contribution is 5.17. The Morgan fingerprint density at radius 2 is 1.88 bits per heavy atom. The number of hydrogen-bond donors (Lipinski definition) is 0. The van der Waals surface area contributed by atoms with Gasteiger partial charge in [-0.25, -0.2) is 6.57 Å². The van der Waals surface area contributed by atoms with E-state index in [1.165, 1.54) is 25.7 Å². The van der Waals surface area contributed by atoms with Crippen molar-refractivity contribution < 1.29 is 0 Å². The largest absolute Gasteiger partial charge is 0.313 e. The smallest absolute Gasteiger partial charge is 0.229 e. The van der Waals surface area contributed by atoms with E-state index in [-0.39, 0.29) is 0 Å². The zero-order valence-electron chi connectivity index (χ0n) is 11.7. The predicted molar refractivity (Wildman–Crippen MR) is 70.4 cm³/mol. The molecule has 0 saturated heterocycles. The van der Waals surface area contributed by atoms with Gasteiger partial charge in [-0.2, -0.15) is 0 Å². The van der Waals surface area contributed by atoms with Crippen molar-refractivity contribution in [2.24, 2.45) is 34.5 Å². The maximum atomic E-state index is 7.45. The molecule has 0 aliphatic heterocycles. The van der Waals surface area contributed by atoms with Crippen molar-refractivity contribution in [3.63, 3.8) is 0 Å². The van der Waals surface area contributed by atoms with Gasteiger partial charge in [-0.05, 0) is 48.3 Å². The van der Waals surface area contributed by atoms with Gasteiger partial charge in [0.25, 0.3) is 0 Å². The first-order chi connectivity index (χ1) is 7.89. The Hall–Kier alpha value is -0.510. The second kappa shape index (κ2) is 3.28. The molecule has 4 fully saturated rings. The van der Waals surface area contributed by atoms with Crippen molar-refractivity contribution in [1.82, 2.24) is 0 Å². The summed E-state index contributed by atoms with van der Waals surface area (Å²) < 4.78 is 0. The van der Waals surface area contributed by atoms with Crippen LogP contribution in [0.3, 0.4) is 0 Å². The SMILES string of the molecule is [C-]#[N+][C@H]1C[C@@H]2C3CC1(C)CC2(C)CC3C(C)C. The van der Waals surface area contributed by atoms with Gasteiger partial charge in [0.05, 0.1) is 0 Å². The van der Waals surface area contributed by atoms with Crippen LogP contribution in [0, 0.1) is 41.1 Å². The van der Waals surface area contributed by atoms with Crippen molar-refractivity contribution in [3.8, 4) is 0 Å². The molecule has 0 radical (unpaired) electrons. The monoisotopic (exact) mass is 231 g/mol. The van der Waals surface area contributed by atoms with Crippen LogP contribution in [0.4, 0.5) is 0 Å². The third kappa shape index (κ3) is 1.36. The van der Waals surface area contributed by atoms with Crippen LogP contribution in [0.2, 0.25) is 0 Å². The van der Waals surface area contributed by atoms with Crippen molar-refractivity contribution >= 4 is 0 Å². The lowest BCUT2D eigenvalue weighted by Crippen LogP contribution is -2.52. The van der Waals surface area contributed by atoms with Crippen LogP contribution in [0.1, 0.15) is 53.4 Å². The highest BCUT2D eigenvalue weighted by Gasteiger charge is 2.66. The summed E-state index contributed by atoms with van der Waals surface area (Å²) in [6.07, 6.45) is 5.28. The fraction of sp³-hybridized carbons (Fsp3) is 0.938. The third-order valence-corrected chi connectivity index (χ3v) is 6.47. The minimum atomic E-state index is 0.322. The second-order valence-corrected chi connectivity index (χ2v) is 7.95. The minimum Gasteiger partial charge on any atom is -0.313 e. The molecule has 0 aromatic rings. The summed E-state index contributed by atoms with van der Waals surface area (Å²) in [6, 6.07) is 0.322. The molecule has 6 atom stereocenters. The van der Waals surface area contributed by atoms with Gasteiger partial charge in [0.2, 0.25) is 6.04 Å². The average molecular weight is 231 g/mol. The van der Waals surface area contributed by atoms with Crippen LogP contribution in [0.15, 0.2) is 0 Å². The first kappa shape index (κ1) is 11.6. The van der Waals surface area contributed by atoms with Gasteiger partial charge in [-0.3, -0.25) is 0 Å². The lowest BCUT2D eigenvalue weighted by atomic mass is 9.49. The maximum absolute atomic E-state index is 7.45. The van der Waals surface area contributed by atoms with E-state index >= 15 is 0 Å². The minimum absolute atomic E-state index is 0.322. The summed E-state index contributed by atoms with van der Waals surface area (Å²) in [4.78, 5) is 3.95. The molecule has 1 heteroatoms. The van der Waals surface area contributed by atoms with Crippen molar-refractivity contribution in [2.45, 2.75) is 59.4 Å². The summed E-state index contributed by atoms with van der Waals surface area (Å²) in [7, 11) is 0. The Bertz CT molecular complexity index is 379. The van der Waals surface area contributed by atoms with Crippen molar-refractivity contribution in [2.75, 3.05) is 0 Å². The van der Waals surface area contributed by atoms with Crippen LogP contribution >= 0.6 is 0 Å². The zero-order valence-corrected chi connectivity index (χ0v) is 11.7. The van der Waals surface area contributed by atoms with E-state index in [0.29, 0.717) is 16.9 Å². The molecule has 4 saturated carbocycles. The molecule has 17 heavy (non-hydrogen) atoms. The number of rotatable bonds is 1. The Morgan fingerprint density at radius 1 is 1.18 bits per heavy atom. The lowest BCUT2D eigenvalue weighted by Gasteiger charge is -2.54. The van der Waals surface area contributed by atoms with E-state index in [4.69, 9.17) is 6.57 Å². The third-order valence-electron chi connectivity index (χ3n) is 6.47. The Morgan fingerprint density at radius 3 is 2.41 bits per heavy atom. The standard InChI is InChI=1S/C16H25N/c1-10(2)11-7-15(3)9-16(4)8-12(11)13(15)6-14(16)17-5/h10-14H,6-9H2,1-4H3/t11?,12?,13-,14+,15?,16?/m1/s1. The molecule has 0 aromatic heterocycles. The van der Waals surface area contributed by atoms with E-state index in [2.05, 4.69) is 32.5 Å². The van der Waals surface area contributed by atoms with E-state index in [0.717, 1.165) is 23.7 Å². The van der Waals surface area contributed by atoms with Crippen LogP contribution in [-0.2, 0) is 0 Å². The first-order valence-electron chi connectivity index (χ1n) is 7.26. The number of nitrogens with zero attached hydrogens (tertiary/aromatic N) is 1. The van der Waals surface area contributed by atoms with Crippen molar-refractivity contribution in [3.05, 3.63) is 11.4 Å². The van der Waals surface area contributed by atoms with Gasteiger partial charge in [0.1, 0.15) is 0 Å². The first-order valence-corrected chi connectivity index (χ1v) is 7.26. The number of fused-ring (bicyclic) bond motifs is 1. The Balaban J connectivity index is 1.98. The van der Waals surface area contributed by atoms with Crippen LogP contribution in [0.25, 0.3) is 4.85 Å². The van der Waals surface area contributed by atoms with Crippen LogP contribution in [-0.4, -0.2) is 6.04 Å². The normalized spacial score (nSPS) is 56.2.